The first-order chi connectivity index (χ1) is 23.3. The van der Waals surface area contributed by atoms with E-state index in [4.69, 9.17) is 0 Å². The normalized spacial score (nSPS) is 14.7. The molecule has 0 aliphatic rings. The minimum atomic E-state index is -4.98. The van der Waals surface area contributed by atoms with Crippen molar-refractivity contribution in [2.45, 2.75) is 97.3 Å². The molecule has 51 heavy (non-hydrogen) atoms. The first-order valence-electron chi connectivity index (χ1n) is 16.5. The predicted octanol–water partition coefficient (Wildman–Crippen LogP) is 4.83. The van der Waals surface area contributed by atoms with Crippen LogP contribution >= 0.6 is 0 Å². The van der Waals surface area contributed by atoms with Crippen LogP contribution in [-0.4, -0.2) is 75.2 Å². The van der Waals surface area contributed by atoms with E-state index in [0.29, 0.717) is 0 Å². The van der Waals surface area contributed by atoms with Crippen LogP contribution in [0.5, 0.6) is 0 Å². The van der Waals surface area contributed by atoms with Crippen molar-refractivity contribution in [2.24, 2.45) is 11.3 Å². The second kappa shape index (κ2) is 17.0. The standard InChI is InChI=1S/C37H51F3N4O6S/c1-23(2)28(20-24(3)32(46)43-51(49,50)22-26-18-16-25(17-19-26)21-29(45)37(38,39)40)44(10)34(48)31(35(4,5)6)42-33(47)30(41-9)36(7,8)27-14-12-11-13-15-27/h11-20,23,28,30-31,41H,21-22H2,1-10H3,(H,42,47)(H,43,46)/b24-20+/t28-,30-,31-/m1/s1. The van der Waals surface area contributed by atoms with E-state index < -0.39 is 74.9 Å². The Kier molecular flexibility index (Phi) is 14.4. The Morgan fingerprint density at radius 3 is 1.86 bits per heavy atom. The molecule has 0 unspecified atom stereocenters. The van der Waals surface area contributed by atoms with Crippen LogP contribution in [0, 0.1) is 11.3 Å². The second-order valence-electron chi connectivity index (χ2n) is 14.8. The molecule has 0 spiro atoms. The number of hydrogen-bond acceptors (Lipinski definition) is 7. The Hall–Kier alpha value is -4.04. The molecule has 3 atom stereocenters. The lowest BCUT2D eigenvalue weighted by atomic mass is 9.76. The highest BCUT2D eigenvalue weighted by molar-refractivity contribution is 7.89. The van der Waals surface area contributed by atoms with Gasteiger partial charge in [-0.2, -0.15) is 13.2 Å². The van der Waals surface area contributed by atoms with Crippen LogP contribution in [0.3, 0.4) is 0 Å². The Morgan fingerprint density at radius 2 is 1.39 bits per heavy atom. The number of likely N-dealkylation sites (N-methyl/N-ethyl adjacent to an activating group) is 2. The maximum absolute atomic E-state index is 14.1. The maximum atomic E-state index is 14.1. The Bertz CT molecular complexity index is 1680. The Balaban J connectivity index is 2.23. The smallest absolute Gasteiger partial charge is 0.342 e. The number of hydrogen-bond donors (Lipinski definition) is 3. The van der Waals surface area contributed by atoms with Gasteiger partial charge in [-0.25, -0.2) is 13.1 Å². The molecule has 0 radical (unpaired) electrons. The molecule has 282 valence electrons. The van der Waals surface area contributed by atoms with E-state index in [1.807, 2.05) is 83.5 Å². The highest BCUT2D eigenvalue weighted by atomic mass is 32.2. The number of Topliss-reactive ketones (excluding diaryl/α,β-unsaturated/α-hetero) is 1. The lowest BCUT2D eigenvalue weighted by molar-refractivity contribution is -0.170. The first kappa shape index (κ1) is 43.1. The number of sulfonamides is 1. The Labute approximate surface area is 299 Å². The minimum Gasteiger partial charge on any atom is -0.342 e. The molecule has 2 rings (SSSR count). The molecule has 0 aliphatic heterocycles. The molecule has 0 aromatic heterocycles. The zero-order chi connectivity index (χ0) is 39.1. The highest BCUT2D eigenvalue weighted by Gasteiger charge is 2.42. The summed E-state index contributed by atoms with van der Waals surface area (Å²) in [6.07, 6.45) is -4.36. The van der Waals surface area contributed by atoms with Gasteiger partial charge in [0.15, 0.2) is 0 Å². The zero-order valence-electron chi connectivity index (χ0n) is 30.9. The lowest BCUT2D eigenvalue weighted by Crippen LogP contribution is -2.61. The van der Waals surface area contributed by atoms with Crippen molar-refractivity contribution in [3.05, 3.63) is 82.9 Å². The van der Waals surface area contributed by atoms with E-state index in [9.17, 15) is 40.8 Å². The molecule has 0 fully saturated rings. The van der Waals surface area contributed by atoms with E-state index in [-0.39, 0.29) is 28.5 Å². The number of rotatable bonds is 15. The summed E-state index contributed by atoms with van der Waals surface area (Å²) in [7, 11) is -0.995. The molecular formula is C37H51F3N4O6S. The molecule has 0 heterocycles. The van der Waals surface area contributed by atoms with Gasteiger partial charge in [0.2, 0.25) is 27.6 Å². The zero-order valence-corrected chi connectivity index (χ0v) is 31.8. The largest absolute Gasteiger partial charge is 0.450 e. The summed E-state index contributed by atoms with van der Waals surface area (Å²) >= 11 is 0. The molecule has 0 saturated heterocycles. The fourth-order valence-corrected chi connectivity index (χ4v) is 6.83. The van der Waals surface area contributed by atoms with Crippen LogP contribution < -0.4 is 15.4 Å². The predicted molar refractivity (Wildman–Crippen MR) is 191 cm³/mol. The lowest BCUT2D eigenvalue weighted by Gasteiger charge is -2.40. The number of alkyl halides is 3. The average Bonchev–Trinajstić information content (AvgIpc) is 3.01. The van der Waals surface area contributed by atoms with E-state index in [0.717, 1.165) is 5.56 Å². The highest BCUT2D eigenvalue weighted by Crippen LogP contribution is 2.29. The number of nitrogens with one attached hydrogen (secondary N) is 3. The molecule has 2 aromatic rings. The number of halogens is 3. The molecule has 3 amide bonds. The van der Waals surface area contributed by atoms with Crippen LogP contribution in [0.25, 0.3) is 0 Å². The van der Waals surface area contributed by atoms with Crippen LogP contribution in [0.2, 0.25) is 0 Å². The van der Waals surface area contributed by atoms with E-state index in [1.165, 1.54) is 42.2 Å². The van der Waals surface area contributed by atoms with Gasteiger partial charge in [-0.05, 0) is 42.0 Å². The third-order valence-electron chi connectivity index (χ3n) is 8.76. The van der Waals surface area contributed by atoms with E-state index in [2.05, 4.69) is 10.6 Å². The van der Waals surface area contributed by atoms with Gasteiger partial charge >= 0.3 is 6.18 Å². The van der Waals surface area contributed by atoms with E-state index in [1.54, 1.807) is 14.1 Å². The van der Waals surface area contributed by atoms with Crippen LogP contribution in [0.4, 0.5) is 13.2 Å². The maximum Gasteiger partial charge on any atom is 0.450 e. The third kappa shape index (κ3) is 12.0. The van der Waals surface area contributed by atoms with Gasteiger partial charge in [0, 0.05) is 24.5 Å². The van der Waals surface area contributed by atoms with Crippen molar-refractivity contribution in [1.82, 2.24) is 20.3 Å². The summed E-state index contributed by atoms with van der Waals surface area (Å²) in [5.74, 6) is -4.48. The van der Waals surface area contributed by atoms with Gasteiger partial charge in [-0.1, -0.05) is 109 Å². The van der Waals surface area contributed by atoms with Gasteiger partial charge in [-0.3, -0.25) is 19.2 Å². The summed E-state index contributed by atoms with van der Waals surface area (Å²) in [6.45, 7) is 14.5. The van der Waals surface area contributed by atoms with Crippen LogP contribution in [0.1, 0.15) is 72.1 Å². The molecule has 0 bridgehead atoms. The summed E-state index contributed by atoms with van der Waals surface area (Å²) in [4.78, 5) is 53.6. The van der Waals surface area contributed by atoms with Gasteiger partial charge in [0.1, 0.15) is 6.04 Å². The fraction of sp³-hybridized carbons (Fsp3) is 0.514. The van der Waals surface area contributed by atoms with Crippen molar-refractivity contribution >= 4 is 33.5 Å². The molecular weight excluding hydrogens is 685 g/mol. The quantitative estimate of drug-likeness (QED) is 0.223. The van der Waals surface area contributed by atoms with Gasteiger partial charge in [0.05, 0.1) is 17.8 Å². The Morgan fingerprint density at radius 1 is 0.863 bits per heavy atom. The molecule has 3 N–H and O–H groups in total. The summed E-state index contributed by atoms with van der Waals surface area (Å²) < 4.78 is 65.4. The molecule has 14 heteroatoms. The van der Waals surface area contributed by atoms with Crippen molar-refractivity contribution in [2.75, 3.05) is 14.1 Å². The van der Waals surface area contributed by atoms with Crippen LogP contribution in [0.15, 0.2) is 66.2 Å². The number of benzene rings is 2. The number of amides is 3. The first-order valence-corrected chi connectivity index (χ1v) is 18.2. The summed E-state index contributed by atoms with van der Waals surface area (Å²) in [5.41, 5.74) is -0.139. The fourth-order valence-electron chi connectivity index (χ4n) is 5.68. The average molecular weight is 737 g/mol. The summed E-state index contributed by atoms with van der Waals surface area (Å²) in [5, 5.41) is 6.07. The van der Waals surface area contributed by atoms with Gasteiger partial charge in [0.25, 0.3) is 5.91 Å². The number of nitrogens with zero attached hydrogens (tertiary/aromatic N) is 1. The van der Waals surface area contributed by atoms with Crippen molar-refractivity contribution in [3.8, 4) is 0 Å². The van der Waals surface area contributed by atoms with Crippen molar-refractivity contribution < 1.29 is 40.8 Å². The topological polar surface area (TPSA) is 142 Å². The molecule has 2 aromatic carbocycles. The number of carbonyl (C=O) groups is 4. The van der Waals surface area contributed by atoms with Crippen LogP contribution in [-0.2, 0) is 46.8 Å². The minimum absolute atomic E-state index is 0.0223. The second-order valence-corrected chi connectivity index (χ2v) is 16.5. The summed E-state index contributed by atoms with van der Waals surface area (Å²) in [6, 6.07) is 12.2. The SMILES string of the molecule is CN[C@H](C(=O)N[C@H](C(=O)N(C)[C@H](/C=C(\C)C(=O)NS(=O)(=O)Cc1ccc(CC(=O)C(F)(F)F)cc1)C(C)C)C(C)(C)C)C(C)(C)c1ccccc1. The third-order valence-corrected chi connectivity index (χ3v) is 9.97. The number of carbonyl (C=O) groups excluding carboxylic acids is 4. The monoisotopic (exact) mass is 736 g/mol. The van der Waals surface area contributed by atoms with Crippen molar-refractivity contribution in [3.63, 3.8) is 0 Å². The molecule has 0 saturated carbocycles. The molecule has 0 aliphatic carbocycles. The van der Waals surface area contributed by atoms with E-state index >= 15 is 0 Å². The van der Waals surface area contributed by atoms with Gasteiger partial charge in [-0.15, -0.1) is 0 Å². The molecule has 10 nitrogen and oxygen atoms in total. The van der Waals surface area contributed by atoms with Gasteiger partial charge < -0.3 is 15.5 Å². The van der Waals surface area contributed by atoms with Crippen molar-refractivity contribution in [1.29, 1.82) is 0 Å². The number of ketones is 1.